The molecule has 2 N–H and O–H groups in total. The van der Waals surface area contributed by atoms with Crippen molar-refractivity contribution in [1.29, 1.82) is 0 Å². The number of hydrogen-bond acceptors (Lipinski definition) is 11. The van der Waals surface area contributed by atoms with Crippen molar-refractivity contribution in [2.45, 2.75) is 18.4 Å². The summed E-state index contributed by atoms with van der Waals surface area (Å²) in [6.45, 7) is 0. The molecule has 1 atom stereocenters. The summed E-state index contributed by atoms with van der Waals surface area (Å²) in [6.07, 6.45) is -2.59. The molecule has 18 heteroatoms. The van der Waals surface area contributed by atoms with Crippen molar-refractivity contribution in [3.05, 3.63) is 0 Å². The minimum absolute atomic E-state index is 0. The molecular weight excluding hydrogens is 420 g/mol. The average molecular weight is 426 g/mol. The molecule has 0 bridgehead atoms. The average Bonchev–Trinajstić information content (AvgIpc) is 2.13. The molecular formula is C6H6Na4O12S2. The van der Waals surface area contributed by atoms with E-state index in [1.165, 1.54) is 0 Å². The zero-order valence-electron chi connectivity index (χ0n) is 13.2. The smallest absolute Gasteiger partial charge is 0.761 e. The van der Waals surface area contributed by atoms with E-state index in [-0.39, 0.29) is 118 Å². The van der Waals surface area contributed by atoms with Crippen molar-refractivity contribution in [2.24, 2.45) is 0 Å². The molecule has 0 radical (unpaired) electrons. The third-order valence-corrected chi connectivity index (χ3v) is 2.77. The Balaban J connectivity index is -0.0000000650. The fourth-order valence-corrected chi connectivity index (χ4v) is 0.691. The van der Waals surface area contributed by atoms with Crippen LogP contribution in [0.15, 0.2) is 0 Å². The van der Waals surface area contributed by atoms with Crippen LogP contribution in [0.1, 0.15) is 12.8 Å². The molecule has 12 nitrogen and oxygen atoms in total. The second-order valence-corrected chi connectivity index (χ2v) is 6.31. The minimum Gasteiger partial charge on any atom is -0.761 e. The molecule has 118 valence electrons. The third kappa shape index (κ3) is 22.4. The number of carbonyl (C=O) groups is 3. The standard InChI is InChI=1S/C6H8O7.4Na.H2O5S2/c7-3(8)1-6(13,5(11)12)2-4(9)10;;;;;1-6(2)7(3,4)5/h13H,1-2H2,(H,7,8)(H,9,10)(H,11,12);;;;;(H,1,2)(H,3,4,5)/q;4*+1;/p-4. The van der Waals surface area contributed by atoms with Crippen molar-refractivity contribution < 1.29 is 175 Å². The number of rotatable bonds is 6. The Labute approximate surface area is 226 Å². The predicted octanol–water partition coefficient (Wildman–Crippen LogP) is -17.6. The monoisotopic (exact) mass is 426 g/mol. The predicted molar refractivity (Wildman–Crippen MR) is 50.5 cm³/mol. The minimum atomic E-state index is -5.07. The molecule has 24 heavy (non-hydrogen) atoms. The van der Waals surface area contributed by atoms with Crippen LogP contribution >= 0.6 is 0 Å². The zero-order valence-corrected chi connectivity index (χ0v) is 22.8. The van der Waals surface area contributed by atoms with E-state index in [1.54, 1.807) is 0 Å². The van der Waals surface area contributed by atoms with Crippen LogP contribution in [-0.4, -0.2) is 55.5 Å². The van der Waals surface area contributed by atoms with E-state index in [1.807, 2.05) is 0 Å². The van der Waals surface area contributed by atoms with Crippen molar-refractivity contribution in [3.8, 4) is 0 Å². The van der Waals surface area contributed by atoms with E-state index in [2.05, 4.69) is 0 Å². The van der Waals surface area contributed by atoms with Crippen LogP contribution in [0, 0.1) is 0 Å². The largest absolute Gasteiger partial charge is 1.00 e. The van der Waals surface area contributed by atoms with Gasteiger partial charge in [-0.25, -0.2) is 13.2 Å². The van der Waals surface area contributed by atoms with Gasteiger partial charge in [-0.15, -0.1) is 0 Å². The normalized spacial score (nSPS) is 10.6. The van der Waals surface area contributed by atoms with Gasteiger partial charge in [0.1, 0.15) is 0 Å². The fraction of sp³-hybridized carbons (Fsp3) is 0.500. The summed E-state index contributed by atoms with van der Waals surface area (Å²) in [6, 6.07) is 0. The van der Waals surface area contributed by atoms with Gasteiger partial charge in [0.15, 0.2) is 14.8 Å². The fourth-order valence-electron chi connectivity index (χ4n) is 0.691. The first-order chi connectivity index (χ1) is 8.72. The van der Waals surface area contributed by atoms with Crippen LogP contribution in [-0.2, 0) is 33.6 Å². The number of carboxylic acid groups (broad SMARTS) is 3. The summed E-state index contributed by atoms with van der Waals surface area (Å²) in [4.78, 5) is 30.2. The van der Waals surface area contributed by atoms with Gasteiger partial charge in [0.2, 0.25) is 0 Å². The third-order valence-electron chi connectivity index (χ3n) is 1.44. The summed E-state index contributed by atoms with van der Waals surface area (Å²) in [5, 5.41) is 37.2. The molecule has 0 amide bonds. The van der Waals surface area contributed by atoms with Crippen LogP contribution in [0.25, 0.3) is 0 Å². The van der Waals surface area contributed by atoms with E-state index in [4.69, 9.17) is 31.9 Å². The van der Waals surface area contributed by atoms with Crippen molar-refractivity contribution >= 4 is 37.2 Å². The molecule has 0 spiro atoms. The Morgan fingerprint density at radius 1 is 0.958 bits per heavy atom. The number of carbonyl (C=O) groups excluding carboxylic acids is 2. The molecule has 0 rings (SSSR count). The van der Waals surface area contributed by atoms with Gasteiger partial charge in [-0.05, 0) is 0 Å². The van der Waals surface area contributed by atoms with E-state index in [0.29, 0.717) is 0 Å². The summed E-state index contributed by atoms with van der Waals surface area (Å²) in [5.74, 6) is -5.65. The summed E-state index contributed by atoms with van der Waals surface area (Å²) in [5.41, 5.74) is -2.86. The Morgan fingerprint density at radius 2 is 1.17 bits per heavy atom. The van der Waals surface area contributed by atoms with E-state index in [9.17, 15) is 24.6 Å². The van der Waals surface area contributed by atoms with Crippen LogP contribution in [0.2, 0.25) is 0 Å². The summed E-state index contributed by atoms with van der Waals surface area (Å²) < 4.78 is 45.7. The molecule has 0 fully saturated rings. The number of hydrogen-bond donors (Lipinski definition) is 2. The molecule has 0 heterocycles. The van der Waals surface area contributed by atoms with E-state index >= 15 is 0 Å². The second-order valence-electron chi connectivity index (χ2n) is 3.05. The van der Waals surface area contributed by atoms with Gasteiger partial charge in [-0.2, -0.15) is 0 Å². The van der Waals surface area contributed by atoms with Gasteiger partial charge >= 0.3 is 124 Å². The van der Waals surface area contributed by atoms with Gasteiger partial charge in [0.25, 0.3) is 0 Å². The van der Waals surface area contributed by atoms with Crippen LogP contribution < -0.4 is 128 Å². The number of aliphatic carboxylic acids is 3. The van der Waals surface area contributed by atoms with Gasteiger partial charge in [-0.3, -0.25) is 4.21 Å². The van der Waals surface area contributed by atoms with Gasteiger partial charge < -0.3 is 39.1 Å². The Bertz CT molecular complexity index is 504. The first-order valence-corrected chi connectivity index (χ1v) is 7.13. The molecule has 0 aromatic heterocycles. The molecule has 0 aliphatic carbocycles. The van der Waals surface area contributed by atoms with Gasteiger partial charge in [-0.1, -0.05) is 0 Å². The summed E-state index contributed by atoms with van der Waals surface area (Å²) in [7, 11) is -8.59. The SMILES string of the molecule is O=C([O-])CC(O)(CC(=O)[O-])C(=O)O.O=S([O-])S(=O)(=O)[O-].[Na+].[Na+].[Na+].[Na+]. The Hall–Kier alpha value is 2.39. The van der Waals surface area contributed by atoms with Crippen molar-refractivity contribution in [3.63, 3.8) is 0 Å². The second kappa shape index (κ2) is 18.7. The first-order valence-electron chi connectivity index (χ1n) is 4.13. The van der Waals surface area contributed by atoms with Gasteiger partial charge in [0, 0.05) is 24.8 Å². The molecule has 1 unspecified atom stereocenters. The molecule has 0 aromatic carbocycles. The zero-order chi connectivity index (χ0) is 16.7. The maximum atomic E-state index is 10.3. The topological polar surface area (TPSA) is 235 Å². The van der Waals surface area contributed by atoms with Crippen LogP contribution in [0.5, 0.6) is 0 Å². The summed E-state index contributed by atoms with van der Waals surface area (Å²) >= 11 is 0. The van der Waals surface area contributed by atoms with Crippen LogP contribution in [0.3, 0.4) is 0 Å². The maximum Gasteiger partial charge on any atom is 1.00 e. The Kier molecular flexibility index (Phi) is 32.0. The molecule has 0 aliphatic heterocycles. The molecule has 0 aliphatic rings. The molecule has 0 aromatic rings. The van der Waals surface area contributed by atoms with Crippen LogP contribution in [0.4, 0.5) is 0 Å². The number of carboxylic acids is 3. The van der Waals surface area contributed by atoms with Crippen molar-refractivity contribution in [2.75, 3.05) is 0 Å². The molecule has 0 saturated heterocycles. The van der Waals surface area contributed by atoms with Crippen molar-refractivity contribution in [1.82, 2.24) is 0 Å². The van der Waals surface area contributed by atoms with E-state index in [0.717, 1.165) is 0 Å². The van der Waals surface area contributed by atoms with Gasteiger partial charge in [0.05, 0.1) is 10.1 Å². The maximum absolute atomic E-state index is 10.3. The molecule has 0 saturated carbocycles. The van der Waals surface area contributed by atoms with E-state index < -0.39 is 55.6 Å². The quantitative estimate of drug-likeness (QED) is 0.174. The number of aliphatic hydroxyl groups is 1. The Morgan fingerprint density at radius 3 is 1.25 bits per heavy atom. The first kappa shape index (κ1) is 40.9.